The van der Waals surface area contributed by atoms with Gasteiger partial charge in [-0.2, -0.15) is 0 Å². The Balaban J connectivity index is 2.41. The van der Waals surface area contributed by atoms with Crippen LogP contribution in [0.25, 0.3) is 0 Å². The molecule has 0 saturated heterocycles. The van der Waals surface area contributed by atoms with Gasteiger partial charge in [0.15, 0.2) is 0 Å². The van der Waals surface area contributed by atoms with Gasteiger partial charge in [-0.15, -0.1) is 0 Å². The summed E-state index contributed by atoms with van der Waals surface area (Å²) in [4.78, 5) is 4.23. The van der Waals surface area contributed by atoms with Gasteiger partial charge in [-0.1, -0.05) is 0 Å². The summed E-state index contributed by atoms with van der Waals surface area (Å²) in [6.45, 7) is 2.36. The monoisotopic (exact) mass is 173 g/mol. The molecule has 1 heterocycles. The van der Waals surface area contributed by atoms with Crippen molar-refractivity contribution in [3.8, 4) is 0 Å². The zero-order valence-electron chi connectivity index (χ0n) is 7.38. The molecule has 0 spiro atoms. The van der Waals surface area contributed by atoms with E-state index in [1.165, 1.54) is 2.81 Å². The number of nitrogens with zero attached hydrogens (tertiary/aromatic N) is 1. The average molecular weight is 173 g/mol. The zero-order chi connectivity index (χ0) is 8.81. The van der Waals surface area contributed by atoms with Gasteiger partial charge in [-0.25, -0.2) is 0 Å². The Morgan fingerprint density at radius 3 is 3.08 bits per heavy atom. The fourth-order valence-electron chi connectivity index (χ4n) is 1.01. The Labute approximate surface area is 90.2 Å². The van der Waals surface area contributed by atoms with Crippen LogP contribution in [0.5, 0.6) is 0 Å². The Bertz CT molecular complexity index is 239. The molecule has 0 aromatic carbocycles. The topological polar surface area (TPSA) is 50.9 Å². The predicted octanol–water partition coefficient (Wildman–Crippen LogP) is -1.08. The first-order valence-electron chi connectivity index (χ1n) is 4.15. The number of hydrogen-bond donors (Lipinski definition) is 2. The van der Waals surface area contributed by atoms with E-state index in [1.807, 2.05) is 6.20 Å². The molecule has 12 heavy (non-hydrogen) atoms. The molecule has 0 fully saturated rings. The van der Waals surface area contributed by atoms with Crippen LogP contribution in [0.2, 0.25) is 0 Å². The molecular formula is C8H12N3Na. The van der Waals surface area contributed by atoms with Gasteiger partial charge in [-0.05, 0) is 0 Å². The second-order valence-electron chi connectivity index (χ2n) is 2.79. The van der Waals surface area contributed by atoms with Gasteiger partial charge in [0.1, 0.15) is 0 Å². The number of rotatable bonds is 4. The van der Waals surface area contributed by atoms with Crippen molar-refractivity contribution in [2.24, 2.45) is 5.73 Å². The van der Waals surface area contributed by atoms with Crippen molar-refractivity contribution in [3.05, 3.63) is 24.0 Å². The van der Waals surface area contributed by atoms with Crippen molar-refractivity contribution in [1.82, 2.24) is 10.3 Å². The summed E-state index contributed by atoms with van der Waals surface area (Å²) in [7, 11) is 0. The second kappa shape index (κ2) is 5.67. The van der Waals surface area contributed by atoms with Crippen molar-refractivity contribution < 1.29 is 0 Å². The van der Waals surface area contributed by atoms with Crippen LogP contribution in [0.1, 0.15) is 5.69 Å². The van der Waals surface area contributed by atoms with Crippen LogP contribution in [0.3, 0.4) is 0 Å². The van der Waals surface area contributed by atoms with E-state index in [-0.39, 0.29) is 0 Å². The van der Waals surface area contributed by atoms with Gasteiger partial charge in [0.2, 0.25) is 0 Å². The molecule has 3 N–H and O–H groups in total. The van der Waals surface area contributed by atoms with Crippen molar-refractivity contribution in [2.75, 3.05) is 13.1 Å². The normalized spacial score (nSPS) is 10.2. The number of aromatic nitrogens is 1. The van der Waals surface area contributed by atoms with E-state index in [1.54, 1.807) is 0 Å². The van der Waals surface area contributed by atoms with Gasteiger partial charge in [0, 0.05) is 0 Å². The van der Waals surface area contributed by atoms with E-state index in [9.17, 15) is 0 Å². The molecule has 1 aromatic heterocycles. The molecule has 0 atom stereocenters. The third-order valence-corrected chi connectivity index (χ3v) is 2.22. The van der Waals surface area contributed by atoms with Crippen LogP contribution in [0.15, 0.2) is 18.3 Å². The first kappa shape index (κ1) is 10.2. The minimum atomic E-state index is 0.681. The molecule has 1 rings (SSSR count). The van der Waals surface area contributed by atoms with Crippen molar-refractivity contribution in [2.45, 2.75) is 6.54 Å². The summed E-state index contributed by atoms with van der Waals surface area (Å²) in [5.41, 5.74) is 6.45. The molecular weight excluding hydrogens is 161 g/mol. The summed E-state index contributed by atoms with van der Waals surface area (Å²) < 4.78 is 1.38. The SMILES string of the molecule is NCCNCc1c[c]([Na])ccn1. The van der Waals surface area contributed by atoms with Crippen molar-refractivity contribution in [1.29, 1.82) is 0 Å². The Morgan fingerprint density at radius 1 is 1.58 bits per heavy atom. The van der Waals surface area contributed by atoms with Gasteiger partial charge in [-0.3, -0.25) is 0 Å². The molecule has 0 saturated carbocycles. The summed E-state index contributed by atoms with van der Waals surface area (Å²) in [6, 6.07) is 4.19. The molecule has 0 aliphatic heterocycles. The molecule has 1 aromatic rings. The van der Waals surface area contributed by atoms with Crippen LogP contribution in [0.4, 0.5) is 0 Å². The van der Waals surface area contributed by atoms with Crippen LogP contribution in [0, 0.1) is 0 Å². The fourth-order valence-corrected chi connectivity index (χ4v) is 1.50. The van der Waals surface area contributed by atoms with E-state index >= 15 is 0 Å². The van der Waals surface area contributed by atoms with Crippen molar-refractivity contribution >= 4 is 30.7 Å². The standard InChI is InChI=1S/C8H12N3.Na/c9-4-6-10-7-8-3-1-2-5-11-8;/h2-3,5,10H,4,6-7,9H2;. The van der Waals surface area contributed by atoms with Crippen molar-refractivity contribution in [3.63, 3.8) is 0 Å². The quantitative estimate of drug-likeness (QED) is 0.450. The number of nitrogens with one attached hydrogen (secondary N) is 1. The molecule has 4 heteroatoms. The Kier molecular flexibility index (Phi) is 4.80. The predicted molar refractivity (Wildman–Crippen MR) is 50.4 cm³/mol. The molecule has 0 aliphatic rings. The minimum absolute atomic E-state index is 0.681. The van der Waals surface area contributed by atoms with Crippen LogP contribution in [-0.4, -0.2) is 46.0 Å². The third kappa shape index (κ3) is 3.65. The first-order valence-corrected chi connectivity index (χ1v) is 5.15. The second-order valence-corrected chi connectivity index (χ2v) is 3.94. The maximum atomic E-state index is 5.35. The third-order valence-electron chi connectivity index (χ3n) is 1.60. The molecule has 0 radical (unpaired) electrons. The molecule has 0 bridgehead atoms. The van der Waals surface area contributed by atoms with Gasteiger partial charge < -0.3 is 0 Å². The van der Waals surface area contributed by atoms with Gasteiger partial charge >= 0.3 is 90.4 Å². The summed E-state index contributed by atoms with van der Waals surface area (Å²) in [5.74, 6) is 0. The molecule has 60 valence electrons. The van der Waals surface area contributed by atoms with Crippen LogP contribution in [-0.2, 0) is 6.54 Å². The summed E-state index contributed by atoms with van der Waals surface area (Å²) in [5, 5.41) is 3.21. The number of pyridine rings is 1. The first-order chi connectivity index (χ1) is 5.83. The number of hydrogen-bond acceptors (Lipinski definition) is 3. The Morgan fingerprint density at radius 2 is 2.42 bits per heavy atom. The van der Waals surface area contributed by atoms with Crippen LogP contribution < -0.4 is 13.9 Å². The molecule has 0 unspecified atom stereocenters. The van der Waals surface area contributed by atoms with Gasteiger partial charge in [0.05, 0.1) is 0 Å². The van der Waals surface area contributed by atoms with E-state index in [0.29, 0.717) is 6.54 Å². The molecule has 0 amide bonds. The van der Waals surface area contributed by atoms with E-state index < -0.39 is 0 Å². The van der Waals surface area contributed by atoms with E-state index in [4.69, 9.17) is 5.73 Å². The maximum absolute atomic E-state index is 5.35. The summed E-state index contributed by atoms with van der Waals surface area (Å²) in [6.07, 6.45) is 1.86. The molecule has 3 nitrogen and oxygen atoms in total. The van der Waals surface area contributed by atoms with Crippen LogP contribution >= 0.6 is 0 Å². The van der Waals surface area contributed by atoms with Gasteiger partial charge in [0.25, 0.3) is 0 Å². The fraction of sp³-hybridized carbons (Fsp3) is 0.375. The average Bonchev–Trinajstić information content (AvgIpc) is 2.05. The molecule has 0 aliphatic carbocycles. The zero-order valence-corrected chi connectivity index (χ0v) is 9.38. The Hall–Kier alpha value is 0.0700. The van der Waals surface area contributed by atoms with E-state index in [2.05, 4.69) is 22.4 Å². The summed E-state index contributed by atoms with van der Waals surface area (Å²) >= 11 is 1.09. The van der Waals surface area contributed by atoms with E-state index in [0.717, 1.165) is 46.7 Å². The number of nitrogens with two attached hydrogens (primary N) is 1.